The lowest BCUT2D eigenvalue weighted by molar-refractivity contribution is 0.660. The molecule has 8 aromatic carbocycles. The van der Waals surface area contributed by atoms with E-state index in [1.54, 1.807) is 0 Å². The third-order valence-corrected chi connectivity index (χ3v) is 12.3. The Kier molecular flexibility index (Phi) is 7.20. The van der Waals surface area contributed by atoms with Crippen LogP contribution in [-0.4, -0.2) is 19.5 Å². The fraction of sp³-hybridized carbons (Fsp3) is 0.0556. The van der Waals surface area contributed by atoms with Crippen LogP contribution in [0.15, 0.2) is 186 Å². The number of para-hydroxylation sites is 2. The predicted octanol–water partition coefficient (Wildman–Crippen LogP) is 13.8. The maximum absolute atomic E-state index is 6.92. The average Bonchev–Trinajstić information content (AvgIpc) is 3.92. The number of furan rings is 1. The van der Waals surface area contributed by atoms with Gasteiger partial charge in [-0.25, -0.2) is 15.0 Å². The van der Waals surface area contributed by atoms with E-state index in [2.05, 4.69) is 170 Å². The Balaban J connectivity index is 1.02. The summed E-state index contributed by atoms with van der Waals surface area (Å²) in [5.74, 6) is 1.86. The smallest absolute Gasteiger partial charge is 0.164 e. The van der Waals surface area contributed by atoms with E-state index in [0.29, 0.717) is 17.5 Å². The van der Waals surface area contributed by atoms with Crippen molar-refractivity contribution < 1.29 is 4.42 Å². The monoisotopic (exact) mass is 756 g/mol. The Morgan fingerprint density at radius 1 is 0.424 bits per heavy atom. The highest BCUT2D eigenvalue weighted by atomic mass is 16.3. The van der Waals surface area contributed by atoms with Crippen molar-refractivity contribution in [3.8, 4) is 62.1 Å². The maximum Gasteiger partial charge on any atom is 0.164 e. The van der Waals surface area contributed by atoms with E-state index < -0.39 is 0 Å². The van der Waals surface area contributed by atoms with Gasteiger partial charge in [0.1, 0.15) is 5.58 Å². The van der Waals surface area contributed by atoms with Gasteiger partial charge in [0.15, 0.2) is 23.1 Å². The standard InChI is InChI=1S/C54H36N4O/c1-54(2)43-23-11-9-19-38(43)39-29-27-35(31-44(39)54)52-55-51(34-17-7-4-8-18-34)56-53(57-52)36-28-30-40-41-22-14-26-47(50(41)59-48(40)32-36)58-45-24-12-10-20-42(45)49-37(21-13-25-46(49)58)33-15-5-3-6-16-33/h3-32H,1-2H3. The van der Waals surface area contributed by atoms with Crippen LogP contribution in [-0.2, 0) is 5.41 Å². The molecule has 59 heavy (non-hydrogen) atoms. The number of fused-ring (bicyclic) bond motifs is 9. The summed E-state index contributed by atoms with van der Waals surface area (Å²) in [6.45, 7) is 4.60. The largest absolute Gasteiger partial charge is 0.454 e. The van der Waals surface area contributed by atoms with Crippen LogP contribution in [0.4, 0.5) is 0 Å². The van der Waals surface area contributed by atoms with Crippen LogP contribution in [0.25, 0.3) is 106 Å². The van der Waals surface area contributed by atoms with Gasteiger partial charge in [0.25, 0.3) is 0 Å². The van der Waals surface area contributed by atoms with E-state index in [1.165, 1.54) is 44.2 Å². The summed E-state index contributed by atoms with van der Waals surface area (Å²) >= 11 is 0. The van der Waals surface area contributed by atoms with Gasteiger partial charge in [0.05, 0.1) is 16.7 Å². The highest BCUT2D eigenvalue weighted by Gasteiger charge is 2.35. The highest BCUT2D eigenvalue weighted by molar-refractivity contribution is 6.17. The van der Waals surface area contributed by atoms with Gasteiger partial charge < -0.3 is 8.98 Å². The molecule has 3 aromatic heterocycles. The summed E-state index contributed by atoms with van der Waals surface area (Å²) in [4.78, 5) is 15.3. The first-order valence-corrected chi connectivity index (χ1v) is 20.1. The van der Waals surface area contributed by atoms with Crippen LogP contribution >= 0.6 is 0 Å². The van der Waals surface area contributed by atoms with Gasteiger partial charge in [-0.1, -0.05) is 159 Å². The first-order chi connectivity index (χ1) is 29.0. The summed E-state index contributed by atoms with van der Waals surface area (Å²) in [5.41, 5.74) is 15.0. The second-order valence-corrected chi connectivity index (χ2v) is 16.0. The average molecular weight is 757 g/mol. The Labute approximate surface area is 340 Å². The number of aromatic nitrogens is 4. The van der Waals surface area contributed by atoms with Gasteiger partial charge in [-0.15, -0.1) is 0 Å². The minimum atomic E-state index is -0.144. The first kappa shape index (κ1) is 33.5. The van der Waals surface area contributed by atoms with Crippen molar-refractivity contribution in [3.05, 3.63) is 193 Å². The molecule has 0 saturated heterocycles. The van der Waals surface area contributed by atoms with E-state index in [9.17, 15) is 0 Å². The number of hydrogen-bond donors (Lipinski definition) is 0. The molecule has 1 aliphatic carbocycles. The molecule has 0 fully saturated rings. The quantitative estimate of drug-likeness (QED) is 0.175. The number of benzene rings is 8. The zero-order valence-electron chi connectivity index (χ0n) is 32.5. The number of hydrogen-bond acceptors (Lipinski definition) is 4. The lowest BCUT2D eigenvalue weighted by Gasteiger charge is -2.21. The van der Waals surface area contributed by atoms with Crippen LogP contribution < -0.4 is 0 Å². The van der Waals surface area contributed by atoms with E-state index in [-0.39, 0.29) is 5.41 Å². The Hall–Kier alpha value is -7.63. The molecule has 0 radical (unpaired) electrons. The van der Waals surface area contributed by atoms with Crippen molar-refractivity contribution in [2.75, 3.05) is 0 Å². The van der Waals surface area contributed by atoms with E-state index >= 15 is 0 Å². The molecule has 12 rings (SSSR count). The van der Waals surface area contributed by atoms with Crippen LogP contribution in [0.5, 0.6) is 0 Å². The molecule has 0 N–H and O–H groups in total. The van der Waals surface area contributed by atoms with Crippen molar-refractivity contribution in [1.82, 2.24) is 19.5 Å². The molecule has 0 amide bonds. The summed E-state index contributed by atoms with van der Waals surface area (Å²) < 4.78 is 9.27. The Morgan fingerprint density at radius 3 is 1.83 bits per heavy atom. The Bertz CT molecular complexity index is 3470. The zero-order chi connectivity index (χ0) is 39.2. The third-order valence-electron chi connectivity index (χ3n) is 12.3. The minimum Gasteiger partial charge on any atom is -0.454 e. The maximum atomic E-state index is 6.92. The highest BCUT2D eigenvalue weighted by Crippen LogP contribution is 2.49. The third kappa shape index (κ3) is 5.08. The molecule has 0 saturated carbocycles. The Morgan fingerprint density at radius 2 is 1.02 bits per heavy atom. The number of nitrogens with zero attached hydrogens (tertiary/aromatic N) is 4. The topological polar surface area (TPSA) is 56.7 Å². The zero-order valence-corrected chi connectivity index (χ0v) is 32.5. The SMILES string of the molecule is CC1(C)c2ccccc2-c2ccc(-c3nc(-c4ccccc4)nc(-c4ccc5c(c4)oc4c(-n6c7ccccc7c7c(-c8ccccc8)cccc76)cccc45)n3)cc21. The molecular formula is C54H36N4O. The molecule has 5 nitrogen and oxygen atoms in total. The van der Waals surface area contributed by atoms with Gasteiger partial charge >= 0.3 is 0 Å². The van der Waals surface area contributed by atoms with Crippen LogP contribution in [0, 0.1) is 0 Å². The van der Waals surface area contributed by atoms with Gasteiger partial charge in [0.2, 0.25) is 0 Å². The van der Waals surface area contributed by atoms with Gasteiger partial charge in [-0.2, -0.15) is 0 Å². The number of rotatable bonds is 5. The lowest BCUT2D eigenvalue weighted by atomic mass is 9.82. The first-order valence-electron chi connectivity index (χ1n) is 20.1. The summed E-state index contributed by atoms with van der Waals surface area (Å²) in [5, 5.41) is 4.52. The van der Waals surface area contributed by atoms with Crippen molar-refractivity contribution in [1.29, 1.82) is 0 Å². The van der Waals surface area contributed by atoms with Crippen LogP contribution in [0.3, 0.4) is 0 Å². The van der Waals surface area contributed by atoms with Gasteiger partial charge in [-0.05, 0) is 69.8 Å². The molecule has 3 heterocycles. The van der Waals surface area contributed by atoms with Gasteiger partial charge in [0, 0.05) is 43.7 Å². The second-order valence-electron chi connectivity index (χ2n) is 16.0. The van der Waals surface area contributed by atoms with E-state index in [1.807, 2.05) is 30.3 Å². The molecule has 0 bridgehead atoms. The molecule has 0 spiro atoms. The molecule has 1 aliphatic rings. The summed E-state index contributed by atoms with van der Waals surface area (Å²) in [6, 6.07) is 64.1. The van der Waals surface area contributed by atoms with E-state index in [4.69, 9.17) is 19.4 Å². The second kappa shape index (κ2) is 12.7. The lowest BCUT2D eigenvalue weighted by Crippen LogP contribution is -2.15. The molecule has 11 aromatic rings. The molecular weight excluding hydrogens is 721 g/mol. The molecule has 278 valence electrons. The van der Waals surface area contributed by atoms with Crippen molar-refractivity contribution in [2.24, 2.45) is 0 Å². The predicted molar refractivity (Wildman–Crippen MR) is 241 cm³/mol. The van der Waals surface area contributed by atoms with Crippen molar-refractivity contribution >= 4 is 43.7 Å². The van der Waals surface area contributed by atoms with Gasteiger partial charge in [-0.3, -0.25) is 0 Å². The minimum absolute atomic E-state index is 0.144. The molecule has 0 aliphatic heterocycles. The van der Waals surface area contributed by atoms with Crippen LogP contribution in [0.1, 0.15) is 25.0 Å². The van der Waals surface area contributed by atoms with Crippen LogP contribution in [0.2, 0.25) is 0 Å². The van der Waals surface area contributed by atoms with E-state index in [0.717, 1.165) is 55.3 Å². The van der Waals surface area contributed by atoms with Crippen molar-refractivity contribution in [3.63, 3.8) is 0 Å². The summed E-state index contributed by atoms with van der Waals surface area (Å²) in [6.07, 6.45) is 0. The van der Waals surface area contributed by atoms with Crippen molar-refractivity contribution in [2.45, 2.75) is 19.3 Å². The fourth-order valence-electron chi connectivity index (χ4n) is 9.43. The summed E-state index contributed by atoms with van der Waals surface area (Å²) in [7, 11) is 0. The molecule has 0 atom stereocenters. The fourth-order valence-corrected chi connectivity index (χ4v) is 9.43. The normalized spacial score (nSPS) is 13.1. The molecule has 0 unspecified atom stereocenters. The molecule has 5 heteroatoms.